The summed E-state index contributed by atoms with van der Waals surface area (Å²) in [5.41, 5.74) is 0.468. The number of hydrogen-bond donors (Lipinski definition) is 1. The molecule has 106 valence electrons. The summed E-state index contributed by atoms with van der Waals surface area (Å²) < 4.78 is 10.2. The highest BCUT2D eigenvalue weighted by Gasteiger charge is 2.13. The molecule has 1 rings (SSSR count). The van der Waals surface area contributed by atoms with E-state index in [1.54, 1.807) is 39.0 Å². The fraction of sp³-hybridized carbons (Fsp3) is 0.333. The molecule has 0 fully saturated rings. The predicted molar refractivity (Wildman–Crippen MR) is 74.1 cm³/mol. The number of carbonyl (C=O) groups excluding carboxylic acids is 1. The number of phenols is 1. The van der Waals surface area contributed by atoms with Crippen LogP contribution in [-0.4, -0.2) is 23.8 Å². The molecule has 1 aromatic rings. The standard InChI is InChI=1S/C15H17NO4/c1-4-19-14-8-11(5-6-13(14)17)7-12(9-16)15(18)20-10(2)3/h5-8,10,17H,4H2,1-3H3. The summed E-state index contributed by atoms with van der Waals surface area (Å²) in [6.45, 7) is 5.62. The number of nitrogens with zero attached hydrogens (tertiary/aromatic N) is 1. The van der Waals surface area contributed by atoms with E-state index in [1.807, 2.05) is 0 Å². The average Bonchev–Trinajstić information content (AvgIpc) is 2.38. The third-order valence-electron chi connectivity index (χ3n) is 2.28. The van der Waals surface area contributed by atoms with Crippen LogP contribution in [0.3, 0.4) is 0 Å². The molecule has 0 unspecified atom stereocenters. The van der Waals surface area contributed by atoms with Crippen LogP contribution in [0, 0.1) is 11.3 Å². The van der Waals surface area contributed by atoms with E-state index in [0.29, 0.717) is 17.9 Å². The highest BCUT2D eigenvalue weighted by Crippen LogP contribution is 2.27. The van der Waals surface area contributed by atoms with Crippen molar-refractivity contribution in [2.45, 2.75) is 26.9 Å². The van der Waals surface area contributed by atoms with Crippen LogP contribution in [0.25, 0.3) is 6.08 Å². The number of phenolic OH excluding ortho intramolecular Hbond substituents is 1. The second-order valence-corrected chi connectivity index (χ2v) is 4.28. The van der Waals surface area contributed by atoms with Gasteiger partial charge in [0.05, 0.1) is 12.7 Å². The molecule has 0 saturated carbocycles. The van der Waals surface area contributed by atoms with Crippen molar-refractivity contribution in [1.82, 2.24) is 0 Å². The Hall–Kier alpha value is -2.48. The number of hydrogen-bond acceptors (Lipinski definition) is 5. The summed E-state index contributed by atoms with van der Waals surface area (Å²) in [6.07, 6.45) is 1.10. The molecule has 0 bridgehead atoms. The van der Waals surface area contributed by atoms with E-state index in [0.717, 1.165) is 0 Å². The van der Waals surface area contributed by atoms with E-state index in [-0.39, 0.29) is 17.4 Å². The minimum atomic E-state index is -0.673. The summed E-state index contributed by atoms with van der Waals surface area (Å²) >= 11 is 0. The molecule has 0 aliphatic carbocycles. The Morgan fingerprint density at radius 2 is 2.20 bits per heavy atom. The Bertz CT molecular complexity index is 555. The van der Waals surface area contributed by atoms with Crippen LogP contribution in [0.4, 0.5) is 0 Å². The average molecular weight is 275 g/mol. The van der Waals surface area contributed by atoms with Crippen molar-refractivity contribution in [2.24, 2.45) is 0 Å². The van der Waals surface area contributed by atoms with Gasteiger partial charge in [0.2, 0.25) is 0 Å². The van der Waals surface area contributed by atoms with Gasteiger partial charge in [-0.3, -0.25) is 0 Å². The Labute approximate surface area is 118 Å². The zero-order chi connectivity index (χ0) is 15.1. The van der Waals surface area contributed by atoms with Crippen molar-refractivity contribution < 1.29 is 19.4 Å². The zero-order valence-corrected chi connectivity index (χ0v) is 11.7. The quantitative estimate of drug-likeness (QED) is 0.507. The minimum absolute atomic E-state index is 0.00673. The first kappa shape index (κ1) is 15.6. The van der Waals surface area contributed by atoms with E-state index >= 15 is 0 Å². The van der Waals surface area contributed by atoms with Crippen LogP contribution >= 0.6 is 0 Å². The maximum atomic E-state index is 11.7. The fourth-order valence-corrected chi connectivity index (χ4v) is 1.47. The molecule has 0 spiro atoms. The largest absolute Gasteiger partial charge is 0.504 e. The molecular formula is C15H17NO4. The van der Waals surface area contributed by atoms with E-state index in [9.17, 15) is 9.90 Å². The number of aromatic hydroxyl groups is 1. The van der Waals surface area contributed by atoms with Crippen molar-refractivity contribution in [3.8, 4) is 17.6 Å². The lowest BCUT2D eigenvalue weighted by Gasteiger charge is -2.08. The molecule has 0 aliphatic heterocycles. The molecular weight excluding hydrogens is 258 g/mol. The van der Waals surface area contributed by atoms with Gasteiger partial charge in [0.15, 0.2) is 11.5 Å². The van der Waals surface area contributed by atoms with Crippen LogP contribution in [0.5, 0.6) is 11.5 Å². The smallest absolute Gasteiger partial charge is 0.349 e. The lowest BCUT2D eigenvalue weighted by molar-refractivity contribution is -0.142. The van der Waals surface area contributed by atoms with Crippen molar-refractivity contribution >= 4 is 12.0 Å². The van der Waals surface area contributed by atoms with Gasteiger partial charge in [0.1, 0.15) is 11.6 Å². The number of esters is 1. The first-order valence-corrected chi connectivity index (χ1v) is 6.26. The highest BCUT2D eigenvalue weighted by atomic mass is 16.5. The normalized spacial score (nSPS) is 11.1. The molecule has 5 heteroatoms. The molecule has 20 heavy (non-hydrogen) atoms. The van der Waals surface area contributed by atoms with Gasteiger partial charge in [-0.1, -0.05) is 6.07 Å². The highest BCUT2D eigenvalue weighted by molar-refractivity contribution is 5.98. The Balaban J connectivity index is 3.04. The van der Waals surface area contributed by atoms with Gasteiger partial charge in [-0.25, -0.2) is 4.79 Å². The Morgan fingerprint density at radius 1 is 1.50 bits per heavy atom. The molecule has 0 atom stereocenters. The van der Waals surface area contributed by atoms with E-state index in [1.165, 1.54) is 12.1 Å². The Morgan fingerprint density at radius 3 is 2.75 bits per heavy atom. The fourth-order valence-electron chi connectivity index (χ4n) is 1.47. The van der Waals surface area contributed by atoms with E-state index in [2.05, 4.69) is 0 Å². The molecule has 0 radical (unpaired) electrons. The van der Waals surface area contributed by atoms with Crippen molar-refractivity contribution in [2.75, 3.05) is 6.61 Å². The SMILES string of the molecule is CCOc1cc(C=C(C#N)C(=O)OC(C)C)ccc1O. The second kappa shape index (κ2) is 7.19. The number of benzene rings is 1. The molecule has 5 nitrogen and oxygen atoms in total. The van der Waals surface area contributed by atoms with E-state index in [4.69, 9.17) is 14.7 Å². The summed E-state index contributed by atoms with van der Waals surface area (Å²) in [6, 6.07) is 6.38. The van der Waals surface area contributed by atoms with Crippen LogP contribution < -0.4 is 4.74 Å². The molecule has 0 saturated heterocycles. The van der Waals surface area contributed by atoms with Gasteiger partial charge in [-0.05, 0) is 44.5 Å². The second-order valence-electron chi connectivity index (χ2n) is 4.28. The zero-order valence-electron chi connectivity index (χ0n) is 11.7. The van der Waals surface area contributed by atoms with Crippen molar-refractivity contribution in [3.05, 3.63) is 29.3 Å². The van der Waals surface area contributed by atoms with Crippen molar-refractivity contribution in [1.29, 1.82) is 5.26 Å². The van der Waals surface area contributed by atoms with E-state index < -0.39 is 5.97 Å². The van der Waals surface area contributed by atoms with Gasteiger partial charge >= 0.3 is 5.97 Å². The van der Waals surface area contributed by atoms with Gasteiger partial charge in [-0.2, -0.15) is 5.26 Å². The summed E-state index contributed by atoms with van der Waals surface area (Å²) in [4.78, 5) is 11.7. The summed E-state index contributed by atoms with van der Waals surface area (Å²) in [5, 5.41) is 18.6. The summed E-state index contributed by atoms with van der Waals surface area (Å²) in [7, 11) is 0. The molecule has 0 aromatic heterocycles. The van der Waals surface area contributed by atoms with Gasteiger partial charge in [0.25, 0.3) is 0 Å². The third kappa shape index (κ3) is 4.32. The molecule has 0 heterocycles. The molecule has 0 aliphatic rings. The lowest BCUT2D eigenvalue weighted by Crippen LogP contribution is -2.12. The molecule has 0 amide bonds. The predicted octanol–water partition coefficient (Wildman–Crippen LogP) is 2.65. The molecule has 1 aromatic carbocycles. The third-order valence-corrected chi connectivity index (χ3v) is 2.28. The van der Waals surface area contributed by atoms with Crippen molar-refractivity contribution in [3.63, 3.8) is 0 Å². The van der Waals surface area contributed by atoms with Crippen LogP contribution in [-0.2, 0) is 9.53 Å². The number of rotatable bonds is 5. The maximum absolute atomic E-state index is 11.7. The van der Waals surface area contributed by atoms with Crippen LogP contribution in [0.2, 0.25) is 0 Å². The number of nitriles is 1. The first-order valence-electron chi connectivity index (χ1n) is 6.26. The number of carbonyl (C=O) groups is 1. The topological polar surface area (TPSA) is 79.5 Å². The summed E-state index contributed by atoms with van der Waals surface area (Å²) in [5.74, 6) is -0.364. The lowest BCUT2D eigenvalue weighted by atomic mass is 10.1. The number of ether oxygens (including phenoxy) is 2. The minimum Gasteiger partial charge on any atom is -0.504 e. The van der Waals surface area contributed by atoms with Gasteiger partial charge < -0.3 is 14.6 Å². The Kier molecular flexibility index (Phi) is 5.60. The van der Waals surface area contributed by atoms with Crippen LogP contribution in [0.1, 0.15) is 26.3 Å². The van der Waals surface area contributed by atoms with Gasteiger partial charge in [-0.15, -0.1) is 0 Å². The van der Waals surface area contributed by atoms with Gasteiger partial charge in [0, 0.05) is 0 Å². The maximum Gasteiger partial charge on any atom is 0.349 e. The first-order chi connectivity index (χ1) is 9.47. The monoisotopic (exact) mass is 275 g/mol. The molecule has 1 N–H and O–H groups in total. The van der Waals surface area contributed by atoms with Crippen LogP contribution in [0.15, 0.2) is 23.8 Å².